The van der Waals surface area contributed by atoms with E-state index in [0.717, 1.165) is 18.3 Å². The molecule has 13 heteroatoms. The Morgan fingerprint density at radius 1 is 1.10 bits per heavy atom. The smallest absolute Gasteiger partial charge is 0.363 e. The number of alkyl halides is 3. The molecule has 1 aromatic carbocycles. The predicted molar refractivity (Wildman–Crippen MR) is 98.3 cm³/mol. The highest BCUT2D eigenvalue weighted by Gasteiger charge is 2.35. The summed E-state index contributed by atoms with van der Waals surface area (Å²) in [5, 5.41) is 11.4. The minimum atomic E-state index is -4.71. The minimum absolute atomic E-state index is 0.00311. The highest BCUT2D eigenvalue weighted by atomic mass is 35.5. The lowest BCUT2D eigenvalue weighted by atomic mass is 10.1. The Labute approximate surface area is 168 Å². The van der Waals surface area contributed by atoms with Crippen LogP contribution in [-0.4, -0.2) is 48.8 Å². The van der Waals surface area contributed by atoms with E-state index < -0.39 is 32.4 Å². The summed E-state index contributed by atoms with van der Waals surface area (Å²) in [5.41, 5.74) is -1.80. The molecule has 29 heavy (non-hydrogen) atoms. The van der Waals surface area contributed by atoms with E-state index in [2.05, 4.69) is 4.98 Å². The topological polar surface area (TPSA) is 96.6 Å². The zero-order chi connectivity index (χ0) is 21.4. The van der Waals surface area contributed by atoms with Gasteiger partial charge in [-0.25, -0.2) is 13.4 Å². The van der Waals surface area contributed by atoms with Gasteiger partial charge >= 0.3 is 6.18 Å². The van der Waals surface area contributed by atoms with E-state index >= 15 is 0 Å². The third-order valence-electron chi connectivity index (χ3n) is 4.42. The molecule has 0 unspecified atom stereocenters. The Morgan fingerprint density at radius 2 is 1.76 bits per heavy atom. The number of benzene rings is 1. The number of nitro groups is 1. The molecule has 0 spiro atoms. The van der Waals surface area contributed by atoms with Crippen molar-refractivity contribution in [2.75, 3.05) is 31.1 Å². The van der Waals surface area contributed by atoms with E-state index in [1.165, 1.54) is 21.3 Å². The minimum Gasteiger partial charge on any atom is -0.363 e. The van der Waals surface area contributed by atoms with Gasteiger partial charge in [-0.2, -0.15) is 17.5 Å². The van der Waals surface area contributed by atoms with Crippen LogP contribution in [0.25, 0.3) is 0 Å². The van der Waals surface area contributed by atoms with Gasteiger partial charge in [-0.15, -0.1) is 0 Å². The van der Waals surface area contributed by atoms with Crippen LogP contribution in [0, 0.1) is 10.1 Å². The summed E-state index contributed by atoms with van der Waals surface area (Å²) in [7, 11) is -3.83. The van der Waals surface area contributed by atoms with Crippen LogP contribution in [0.5, 0.6) is 0 Å². The van der Waals surface area contributed by atoms with Crippen LogP contribution in [0.2, 0.25) is 5.15 Å². The molecule has 2 heterocycles. The van der Waals surface area contributed by atoms with E-state index in [-0.39, 0.29) is 41.9 Å². The molecule has 1 aliphatic rings. The van der Waals surface area contributed by atoms with Crippen molar-refractivity contribution >= 4 is 33.0 Å². The normalized spacial score (nSPS) is 16.1. The summed E-state index contributed by atoms with van der Waals surface area (Å²) in [6, 6.07) is 4.95. The van der Waals surface area contributed by atoms with Crippen molar-refractivity contribution in [1.29, 1.82) is 0 Å². The van der Waals surface area contributed by atoms with E-state index in [1.807, 2.05) is 0 Å². The molecular weight excluding hydrogens is 437 g/mol. The Bertz CT molecular complexity index is 1020. The van der Waals surface area contributed by atoms with E-state index in [0.29, 0.717) is 6.07 Å². The van der Waals surface area contributed by atoms with Crippen LogP contribution in [0.4, 0.5) is 24.5 Å². The van der Waals surface area contributed by atoms with Crippen LogP contribution in [-0.2, 0) is 16.2 Å². The first kappa shape index (κ1) is 21.3. The van der Waals surface area contributed by atoms with Gasteiger partial charge in [0.15, 0.2) is 0 Å². The number of rotatable bonds is 4. The van der Waals surface area contributed by atoms with Gasteiger partial charge in [-0.1, -0.05) is 11.6 Å². The first-order valence-electron chi connectivity index (χ1n) is 8.22. The highest BCUT2D eigenvalue weighted by molar-refractivity contribution is 7.89. The third-order valence-corrected chi connectivity index (χ3v) is 6.52. The Hall–Kier alpha value is -2.44. The summed E-state index contributed by atoms with van der Waals surface area (Å²) >= 11 is 5.66. The maximum atomic E-state index is 12.9. The Morgan fingerprint density at radius 3 is 2.28 bits per heavy atom. The molecule has 0 bridgehead atoms. The van der Waals surface area contributed by atoms with Crippen molar-refractivity contribution in [2.45, 2.75) is 11.1 Å². The molecule has 0 aliphatic carbocycles. The van der Waals surface area contributed by atoms with Crippen molar-refractivity contribution in [3.8, 4) is 0 Å². The second-order valence-electron chi connectivity index (χ2n) is 6.17. The Kier molecular flexibility index (Phi) is 5.70. The zero-order valence-electron chi connectivity index (χ0n) is 14.6. The number of sulfonamides is 1. The zero-order valence-corrected chi connectivity index (χ0v) is 16.2. The molecule has 3 rings (SSSR count). The van der Waals surface area contributed by atoms with Crippen molar-refractivity contribution < 1.29 is 26.5 Å². The lowest BCUT2D eigenvalue weighted by molar-refractivity contribution is -0.384. The average molecular weight is 451 g/mol. The second kappa shape index (κ2) is 7.76. The first-order valence-corrected chi connectivity index (χ1v) is 10.0. The van der Waals surface area contributed by atoms with Gasteiger partial charge in [0.05, 0.1) is 10.5 Å². The fourth-order valence-corrected chi connectivity index (χ4v) is 4.43. The summed E-state index contributed by atoms with van der Waals surface area (Å²) in [6.45, 7) is 0.158. The van der Waals surface area contributed by atoms with E-state index in [9.17, 15) is 31.7 Å². The summed E-state index contributed by atoms with van der Waals surface area (Å²) in [4.78, 5) is 15.6. The third kappa shape index (κ3) is 4.43. The highest BCUT2D eigenvalue weighted by Crippen LogP contribution is 2.37. The number of aromatic nitrogens is 1. The largest absolute Gasteiger partial charge is 0.416 e. The van der Waals surface area contributed by atoms with Gasteiger partial charge in [0.1, 0.15) is 15.7 Å². The van der Waals surface area contributed by atoms with Gasteiger partial charge < -0.3 is 4.90 Å². The predicted octanol–water partition coefficient (Wildman–Crippen LogP) is 3.17. The quantitative estimate of drug-likeness (QED) is 0.403. The number of piperazine rings is 1. The van der Waals surface area contributed by atoms with E-state index in [4.69, 9.17) is 11.6 Å². The van der Waals surface area contributed by atoms with Crippen LogP contribution in [0.1, 0.15) is 5.56 Å². The number of nitrogens with zero attached hydrogens (tertiary/aromatic N) is 4. The molecule has 0 radical (unpaired) electrons. The van der Waals surface area contributed by atoms with E-state index in [1.54, 1.807) is 0 Å². The number of hydrogen-bond donors (Lipinski definition) is 0. The molecule has 2 aromatic rings. The van der Waals surface area contributed by atoms with Crippen LogP contribution in [0.15, 0.2) is 41.4 Å². The molecular formula is C16H14ClF3N4O4S. The monoisotopic (exact) mass is 450 g/mol. The molecule has 1 aliphatic heterocycles. The number of pyridine rings is 1. The van der Waals surface area contributed by atoms with Crippen molar-refractivity contribution in [3.63, 3.8) is 0 Å². The number of halogens is 4. The molecule has 1 saturated heterocycles. The number of anilines is 1. The van der Waals surface area contributed by atoms with Crippen molar-refractivity contribution in [1.82, 2.24) is 9.29 Å². The van der Waals surface area contributed by atoms with Crippen LogP contribution < -0.4 is 4.90 Å². The summed E-state index contributed by atoms with van der Waals surface area (Å²) in [6.07, 6.45) is -3.58. The summed E-state index contributed by atoms with van der Waals surface area (Å²) in [5.74, 6) is 0. The molecule has 1 fully saturated rings. The SMILES string of the molecule is O=[N+]([O-])c1cc(C(F)(F)F)ccc1N1CCN(S(=O)(=O)c2ccc(Cl)nc2)CC1. The molecule has 1 aromatic heterocycles. The van der Waals surface area contributed by atoms with Gasteiger partial charge in [0, 0.05) is 38.4 Å². The molecule has 0 N–H and O–H groups in total. The maximum absolute atomic E-state index is 12.9. The van der Waals surface area contributed by atoms with Gasteiger partial charge in [0.25, 0.3) is 5.69 Å². The first-order chi connectivity index (χ1) is 13.5. The lowest BCUT2D eigenvalue weighted by Gasteiger charge is -2.35. The summed E-state index contributed by atoms with van der Waals surface area (Å²) < 4.78 is 65.1. The Balaban J connectivity index is 1.80. The number of nitro benzene ring substituents is 1. The fourth-order valence-electron chi connectivity index (χ4n) is 2.95. The second-order valence-corrected chi connectivity index (χ2v) is 8.49. The average Bonchev–Trinajstić information content (AvgIpc) is 2.67. The molecule has 8 nitrogen and oxygen atoms in total. The fraction of sp³-hybridized carbons (Fsp3) is 0.312. The van der Waals surface area contributed by atoms with Gasteiger partial charge in [-0.3, -0.25) is 10.1 Å². The van der Waals surface area contributed by atoms with Crippen molar-refractivity contribution in [2.24, 2.45) is 0 Å². The number of hydrogen-bond acceptors (Lipinski definition) is 6. The molecule has 0 amide bonds. The van der Waals surface area contributed by atoms with Crippen LogP contribution in [0.3, 0.4) is 0 Å². The van der Waals surface area contributed by atoms with Gasteiger partial charge in [-0.05, 0) is 24.3 Å². The standard InChI is InChI=1S/C16H14ClF3N4O4S/c17-15-4-2-12(10-21-15)29(27,28)23-7-5-22(6-8-23)13-3-1-11(16(18,19)20)9-14(13)24(25)26/h1-4,9-10H,5-8H2. The molecule has 0 atom stereocenters. The molecule has 156 valence electrons. The van der Waals surface area contributed by atoms with Crippen LogP contribution >= 0.6 is 11.6 Å². The van der Waals surface area contributed by atoms with Gasteiger partial charge in [0.2, 0.25) is 10.0 Å². The lowest BCUT2D eigenvalue weighted by Crippen LogP contribution is -2.48. The molecule has 0 saturated carbocycles. The van der Waals surface area contributed by atoms with Crippen molar-refractivity contribution in [3.05, 3.63) is 57.4 Å². The maximum Gasteiger partial charge on any atom is 0.416 e.